The Hall–Kier alpha value is -2.03. The third-order valence-electron chi connectivity index (χ3n) is 4.57. The second-order valence-corrected chi connectivity index (χ2v) is 9.40. The molecule has 1 aliphatic heterocycles. The van der Waals surface area contributed by atoms with Crippen molar-refractivity contribution in [1.29, 1.82) is 0 Å². The topological polar surface area (TPSA) is 57.7 Å². The van der Waals surface area contributed by atoms with Gasteiger partial charge in [0.05, 0.1) is 4.90 Å². The molecule has 1 saturated heterocycles. The third-order valence-corrected chi connectivity index (χ3v) is 6.98. The van der Waals surface area contributed by atoms with Crippen LogP contribution in [0, 0.1) is 12.7 Å². The van der Waals surface area contributed by atoms with E-state index < -0.39 is 15.8 Å². The number of amides is 1. The fourth-order valence-corrected chi connectivity index (χ4v) is 4.72. The van der Waals surface area contributed by atoms with Crippen molar-refractivity contribution in [2.24, 2.45) is 0 Å². The van der Waals surface area contributed by atoms with Gasteiger partial charge < -0.3 is 4.90 Å². The van der Waals surface area contributed by atoms with Crippen molar-refractivity contribution in [3.63, 3.8) is 0 Å². The summed E-state index contributed by atoms with van der Waals surface area (Å²) in [7, 11) is -3.57. The Balaban J connectivity index is 1.63. The molecule has 0 bridgehead atoms. The van der Waals surface area contributed by atoms with Crippen molar-refractivity contribution in [3.05, 3.63) is 70.0 Å². The van der Waals surface area contributed by atoms with E-state index in [-0.39, 0.29) is 37.0 Å². The van der Waals surface area contributed by atoms with Crippen LogP contribution < -0.4 is 0 Å². The van der Waals surface area contributed by atoms with Gasteiger partial charge in [0.1, 0.15) is 5.82 Å². The lowest BCUT2D eigenvalue weighted by atomic mass is 10.2. The van der Waals surface area contributed by atoms with Gasteiger partial charge in [0.2, 0.25) is 15.9 Å². The van der Waals surface area contributed by atoms with Crippen molar-refractivity contribution in [1.82, 2.24) is 9.21 Å². The lowest BCUT2D eigenvalue weighted by molar-refractivity contribution is -0.127. The van der Waals surface area contributed by atoms with Gasteiger partial charge in [-0.05, 0) is 43.3 Å². The molecule has 1 aliphatic rings. The largest absolute Gasteiger partial charge is 0.337 e. The molecule has 1 amide bonds. The van der Waals surface area contributed by atoms with Gasteiger partial charge in [-0.2, -0.15) is 4.31 Å². The van der Waals surface area contributed by atoms with Crippen molar-refractivity contribution in [2.45, 2.75) is 11.8 Å². The van der Waals surface area contributed by atoms with E-state index in [9.17, 15) is 17.6 Å². The molecule has 8 heteroatoms. The Labute approximate surface area is 172 Å². The number of hydrogen-bond donors (Lipinski definition) is 0. The molecule has 0 spiro atoms. The van der Waals surface area contributed by atoms with Crippen molar-refractivity contribution < 1.29 is 17.6 Å². The summed E-state index contributed by atoms with van der Waals surface area (Å²) in [6, 6.07) is 11.2. The van der Waals surface area contributed by atoms with Gasteiger partial charge in [0.25, 0.3) is 0 Å². The predicted molar refractivity (Wildman–Crippen MR) is 110 cm³/mol. The molecule has 0 aliphatic carbocycles. The van der Waals surface area contributed by atoms with Crippen LogP contribution in [-0.4, -0.2) is 49.7 Å². The highest BCUT2D eigenvalue weighted by Gasteiger charge is 2.29. The molecular weight excluding hydrogens is 447 g/mol. The molecule has 1 fully saturated rings. The fraction of sp³-hybridized carbons (Fsp3) is 0.250. The first-order chi connectivity index (χ1) is 13.3. The number of hydrogen-bond acceptors (Lipinski definition) is 3. The van der Waals surface area contributed by atoms with Gasteiger partial charge >= 0.3 is 0 Å². The Morgan fingerprint density at radius 2 is 1.71 bits per heavy atom. The van der Waals surface area contributed by atoms with Gasteiger partial charge in [0.15, 0.2) is 0 Å². The minimum Gasteiger partial charge on any atom is -0.337 e. The number of nitrogens with zero attached hydrogens (tertiary/aromatic N) is 2. The smallest absolute Gasteiger partial charge is 0.246 e. The summed E-state index contributed by atoms with van der Waals surface area (Å²) in [6.07, 6.45) is 2.74. The standard InChI is InChI=1S/C20H20BrFN2O3S/c1-15-2-6-18(7-3-15)28(26,27)24-12-10-23(11-13-24)20(25)9-4-16-14-17(21)5-8-19(16)22/h2-9,14H,10-13H2,1H3/b9-4+. The minimum absolute atomic E-state index is 0.223. The molecule has 2 aromatic carbocycles. The van der Waals surface area contributed by atoms with Crippen LogP contribution in [0.3, 0.4) is 0 Å². The summed E-state index contributed by atoms with van der Waals surface area (Å²) in [5.74, 6) is -0.687. The molecule has 5 nitrogen and oxygen atoms in total. The lowest BCUT2D eigenvalue weighted by Crippen LogP contribution is -2.50. The van der Waals surface area contributed by atoms with Crippen LogP contribution in [0.15, 0.2) is 57.9 Å². The number of aryl methyl sites for hydroxylation is 1. The molecule has 1 heterocycles. The van der Waals surface area contributed by atoms with Crippen LogP contribution in [0.5, 0.6) is 0 Å². The molecule has 3 rings (SSSR count). The summed E-state index contributed by atoms with van der Waals surface area (Å²) < 4.78 is 41.3. The van der Waals surface area contributed by atoms with Crippen LogP contribution in [0.2, 0.25) is 0 Å². The number of benzene rings is 2. The van der Waals surface area contributed by atoms with Crippen LogP contribution in [0.1, 0.15) is 11.1 Å². The van der Waals surface area contributed by atoms with E-state index in [1.54, 1.807) is 41.3 Å². The molecule has 28 heavy (non-hydrogen) atoms. The predicted octanol–water partition coefficient (Wildman–Crippen LogP) is 3.44. The first-order valence-electron chi connectivity index (χ1n) is 8.76. The monoisotopic (exact) mass is 466 g/mol. The second kappa shape index (κ2) is 8.55. The SMILES string of the molecule is Cc1ccc(S(=O)(=O)N2CCN(C(=O)/C=C/c3cc(Br)ccc3F)CC2)cc1. The highest BCUT2D eigenvalue weighted by molar-refractivity contribution is 9.10. The molecule has 0 atom stereocenters. The normalized spacial score (nSPS) is 15.9. The first kappa shape index (κ1) is 20.7. The zero-order valence-electron chi connectivity index (χ0n) is 15.3. The average molecular weight is 467 g/mol. The summed E-state index contributed by atoms with van der Waals surface area (Å²) in [5, 5.41) is 0. The maximum Gasteiger partial charge on any atom is 0.246 e. The van der Waals surface area contributed by atoms with E-state index in [1.165, 1.54) is 22.5 Å². The Morgan fingerprint density at radius 3 is 2.36 bits per heavy atom. The summed E-state index contributed by atoms with van der Waals surface area (Å²) in [6.45, 7) is 2.92. The van der Waals surface area contributed by atoms with E-state index in [4.69, 9.17) is 0 Å². The molecular formula is C20H20BrFN2O3S. The number of carbonyl (C=O) groups excluding carboxylic acids is 1. The Morgan fingerprint density at radius 1 is 1.07 bits per heavy atom. The van der Waals surface area contributed by atoms with Gasteiger partial charge in [-0.25, -0.2) is 12.8 Å². The molecule has 0 N–H and O–H groups in total. The molecule has 0 aromatic heterocycles. The van der Waals surface area contributed by atoms with E-state index in [2.05, 4.69) is 15.9 Å². The number of rotatable bonds is 4. The van der Waals surface area contributed by atoms with Crippen LogP contribution in [-0.2, 0) is 14.8 Å². The maximum atomic E-state index is 13.8. The second-order valence-electron chi connectivity index (χ2n) is 6.54. The molecule has 0 unspecified atom stereocenters. The number of sulfonamides is 1. The summed E-state index contributed by atoms with van der Waals surface area (Å²) >= 11 is 3.27. The van der Waals surface area contributed by atoms with Crippen molar-refractivity contribution >= 4 is 37.9 Å². The highest BCUT2D eigenvalue weighted by atomic mass is 79.9. The van der Waals surface area contributed by atoms with Gasteiger partial charge in [-0.3, -0.25) is 4.79 Å². The fourth-order valence-electron chi connectivity index (χ4n) is 2.92. The van der Waals surface area contributed by atoms with E-state index in [1.807, 2.05) is 6.92 Å². The van der Waals surface area contributed by atoms with E-state index in [0.717, 1.165) is 10.0 Å². The molecule has 0 saturated carbocycles. The quantitative estimate of drug-likeness (QED) is 0.648. The van der Waals surface area contributed by atoms with E-state index >= 15 is 0 Å². The lowest BCUT2D eigenvalue weighted by Gasteiger charge is -2.33. The minimum atomic E-state index is -3.57. The average Bonchev–Trinajstić information content (AvgIpc) is 2.69. The zero-order chi connectivity index (χ0) is 20.3. The maximum absolute atomic E-state index is 13.8. The van der Waals surface area contributed by atoms with Gasteiger partial charge in [-0.1, -0.05) is 33.6 Å². The van der Waals surface area contributed by atoms with E-state index in [0.29, 0.717) is 5.56 Å². The van der Waals surface area contributed by atoms with Crippen molar-refractivity contribution in [3.8, 4) is 0 Å². The molecule has 0 radical (unpaired) electrons. The zero-order valence-corrected chi connectivity index (χ0v) is 17.7. The summed E-state index contributed by atoms with van der Waals surface area (Å²) in [5.41, 5.74) is 1.30. The van der Waals surface area contributed by atoms with Gasteiger partial charge in [0, 0.05) is 42.3 Å². The van der Waals surface area contributed by atoms with Crippen molar-refractivity contribution in [2.75, 3.05) is 26.2 Å². The number of piperazine rings is 1. The Kier molecular flexibility index (Phi) is 6.32. The molecule has 148 valence electrons. The third kappa shape index (κ3) is 4.68. The number of halogens is 2. The van der Waals surface area contributed by atoms with Gasteiger partial charge in [-0.15, -0.1) is 0 Å². The van der Waals surface area contributed by atoms with Crippen LogP contribution in [0.25, 0.3) is 6.08 Å². The molecule has 2 aromatic rings. The van der Waals surface area contributed by atoms with Crippen LogP contribution >= 0.6 is 15.9 Å². The summed E-state index contributed by atoms with van der Waals surface area (Å²) in [4.78, 5) is 14.2. The Bertz CT molecular complexity index is 999. The number of carbonyl (C=O) groups is 1. The first-order valence-corrected chi connectivity index (χ1v) is 11.0. The highest BCUT2D eigenvalue weighted by Crippen LogP contribution is 2.19. The van der Waals surface area contributed by atoms with Crippen LogP contribution in [0.4, 0.5) is 4.39 Å².